The maximum atomic E-state index is 13.1. The Morgan fingerprint density at radius 2 is 2.00 bits per heavy atom. The lowest BCUT2D eigenvalue weighted by Crippen LogP contribution is -2.06. The Bertz CT molecular complexity index is 860. The molecule has 21 heavy (non-hydrogen) atoms. The number of hydrogen-bond donors (Lipinski definition) is 1. The molecule has 0 fully saturated rings. The molecule has 1 aromatic carbocycles. The molecule has 2 heterocycles. The Morgan fingerprint density at radius 3 is 2.62 bits per heavy atom. The Kier molecular flexibility index (Phi) is 2.99. The molecule has 0 atom stereocenters. The Labute approximate surface area is 119 Å². The number of benzene rings is 1. The smallest absolute Gasteiger partial charge is 0.205 e. The van der Waals surface area contributed by atoms with E-state index < -0.39 is 0 Å². The molecule has 3 rings (SSSR count). The summed E-state index contributed by atoms with van der Waals surface area (Å²) in [7, 11) is 0. The molecular weight excluding hydrogens is 271 g/mol. The second-order valence-corrected chi connectivity index (χ2v) is 4.46. The van der Waals surface area contributed by atoms with Gasteiger partial charge in [0.15, 0.2) is 11.5 Å². The van der Waals surface area contributed by atoms with Gasteiger partial charge in [-0.25, -0.2) is 4.39 Å². The van der Waals surface area contributed by atoms with Crippen molar-refractivity contribution in [3.8, 4) is 17.2 Å². The first-order valence-corrected chi connectivity index (χ1v) is 6.35. The van der Waals surface area contributed by atoms with Gasteiger partial charge in [0, 0.05) is 0 Å². The van der Waals surface area contributed by atoms with Crippen LogP contribution in [0, 0.1) is 17.1 Å². The van der Waals surface area contributed by atoms with E-state index in [2.05, 4.69) is 15.3 Å². The summed E-state index contributed by atoms with van der Waals surface area (Å²) >= 11 is 0. The second-order valence-electron chi connectivity index (χ2n) is 4.46. The number of nitrogens with zero attached hydrogens (tertiary/aromatic N) is 5. The van der Waals surface area contributed by atoms with Crippen molar-refractivity contribution in [3.05, 3.63) is 41.5 Å². The minimum Gasteiger partial charge on any atom is -0.381 e. The molecule has 6 nitrogen and oxygen atoms in total. The average molecular weight is 282 g/mol. The third-order valence-electron chi connectivity index (χ3n) is 3.22. The van der Waals surface area contributed by atoms with Crippen LogP contribution in [0.25, 0.3) is 16.8 Å². The summed E-state index contributed by atoms with van der Waals surface area (Å²) in [6, 6.07) is 7.93. The molecule has 2 aromatic heterocycles. The number of aryl methyl sites for hydroxylation is 1. The number of fused-ring (bicyclic) bond motifs is 1. The monoisotopic (exact) mass is 282 g/mol. The first-order chi connectivity index (χ1) is 10.2. The summed E-state index contributed by atoms with van der Waals surface area (Å²) in [5.74, 6) is -0.170. The van der Waals surface area contributed by atoms with Crippen molar-refractivity contribution in [1.29, 1.82) is 5.26 Å². The standard InChI is InChI=1S/C14H11FN6/c1-2-10-12(8-3-5-9(15)6-4-8)14-19-18-11(7-16)13(17)21(14)20-10/h3-6H,2,17H2,1H3. The number of hydrogen-bond acceptors (Lipinski definition) is 5. The molecule has 7 heteroatoms. The zero-order valence-electron chi connectivity index (χ0n) is 11.2. The highest BCUT2D eigenvalue weighted by molar-refractivity contribution is 5.80. The van der Waals surface area contributed by atoms with Gasteiger partial charge in [0.05, 0.1) is 11.3 Å². The van der Waals surface area contributed by atoms with E-state index in [1.165, 1.54) is 16.6 Å². The fourth-order valence-corrected chi connectivity index (χ4v) is 2.20. The lowest BCUT2D eigenvalue weighted by Gasteiger charge is -2.02. The van der Waals surface area contributed by atoms with E-state index in [0.29, 0.717) is 12.1 Å². The van der Waals surface area contributed by atoms with Crippen molar-refractivity contribution in [3.63, 3.8) is 0 Å². The van der Waals surface area contributed by atoms with E-state index in [4.69, 9.17) is 11.0 Å². The maximum Gasteiger partial charge on any atom is 0.205 e. The summed E-state index contributed by atoms with van der Waals surface area (Å²) in [6.45, 7) is 1.95. The predicted molar refractivity (Wildman–Crippen MR) is 74.7 cm³/mol. The molecule has 0 bridgehead atoms. The molecule has 0 saturated heterocycles. The number of anilines is 1. The Hall–Kier alpha value is -3.01. The Morgan fingerprint density at radius 1 is 1.29 bits per heavy atom. The number of nitrogen functional groups attached to an aromatic ring is 1. The van der Waals surface area contributed by atoms with Crippen LogP contribution >= 0.6 is 0 Å². The van der Waals surface area contributed by atoms with Gasteiger partial charge in [-0.05, 0) is 24.1 Å². The van der Waals surface area contributed by atoms with Crippen LogP contribution in [-0.4, -0.2) is 19.8 Å². The van der Waals surface area contributed by atoms with Crippen LogP contribution in [0.4, 0.5) is 10.2 Å². The van der Waals surface area contributed by atoms with E-state index in [1.54, 1.807) is 12.1 Å². The summed E-state index contributed by atoms with van der Waals surface area (Å²) < 4.78 is 14.5. The quantitative estimate of drug-likeness (QED) is 0.775. The number of nitriles is 1. The zero-order chi connectivity index (χ0) is 15.0. The molecule has 0 saturated carbocycles. The summed E-state index contributed by atoms with van der Waals surface area (Å²) in [6.07, 6.45) is 0.650. The predicted octanol–water partition coefficient (Wildman–Crippen LogP) is 1.95. The molecular formula is C14H11FN6. The number of nitrogens with two attached hydrogens (primary N) is 1. The van der Waals surface area contributed by atoms with Crippen LogP contribution in [0.15, 0.2) is 24.3 Å². The highest BCUT2D eigenvalue weighted by Crippen LogP contribution is 2.29. The molecule has 3 aromatic rings. The van der Waals surface area contributed by atoms with Gasteiger partial charge in [0.25, 0.3) is 0 Å². The van der Waals surface area contributed by atoms with Crippen LogP contribution in [-0.2, 0) is 6.42 Å². The molecule has 0 radical (unpaired) electrons. The van der Waals surface area contributed by atoms with Crippen LogP contribution in [0.2, 0.25) is 0 Å². The van der Waals surface area contributed by atoms with Crippen molar-refractivity contribution >= 4 is 11.5 Å². The number of rotatable bonds is 2. The zero-order valence-corrected chi connectivity index (χ0v) is 11.2. The van der Waals surface area contributed by atoms with Crippen LogP contribution in [0.5, 0.6) is 0 Å². The third kappa shape index (κ3) is 1.97. The highest BCUT2D eigenvalue weighted by Gasteiger charge is 2.18. The number of halogens is 1. The van der Waals surface area contributed by atoms with E-state index in [0.717, 1.165) is 16.8 Å². The van der Waals surface area contributed by atoms with Gasteiger partial charge in [-0.3, -0.25) is 0 Å². The van der Waals surface area contributed by atoms with Crippen LogP contribution in [0.3, 0.4) is 0 Å². The average Bonchev–Trinajstić information content (AvgIpc) is 2.88. The van der Waals surface area contributed by atoms with Gasteiger partial charge < -0.3 is 5.73 Å². The Balaban J connectivity index is 2.34. The topological polar surface area (TPSA) is 92.9 Å². The van der Waals surface area contributed by atoms with E-state index in [-0.39, 0.29) is 17.3 Å². The molecule has 0 aliphatic carbocycles. The molecule has 0 amide bonds. The molecule has 2 N–H and O–H groups in total. The largest absolute Gasteiger partial charge is 0.381 e. The van der Waals surface area contributed by atoms with Crippen molar-refractivity contribution in [2.24, 2.45) is 0 Å². The molecule has 0 aliphatic rings. The number of aromatic nitrogens is 4. The van der Waals surface area contributed by atoms with Gasteiger partial charge in [0.1, 0.15) is 11.9 Å². The molecule has 0 aliphatic heterocycles. The summed E-state index contributed by atoms with van der Waals surface area (Å²) in [4.78, 5) is 0. The van der Waals surface area contributed by atoms with Crippen molar-refractivity contribution < 1.29 is 4.39 Å². The van der Waals surface area contributed by atoms with Crippen LogP contribution < -0.4 is 5.73 Å². The molecule has 104 valence electrons. The maximum absolute atomic E-state index is 13.1. The van der Waals surface area contributed by atoms with Gasteiger partial charge >= 0.3 is 0 Å². The van der Waals surface area contributed by atoms with Crippen molar-refractivity contribution in [1.82, 2.24) is 19.8 Å². The molecule has 0 unspecified atom stereocenters. The fourth-order valence-electron chi connectivity index (χ4n) is 2.20. The molecule has 0 spiro atoms. The fraction of sp³-hybridized carbons (Fsp3) is 0.143. The van der Waals surface area contributed by atoms with Gasteiger partial charge in [-0.15, -0.1) is 10.2 Å². The van der Waals surface area contributed by atoms with Crippen LogP contribution in [0.1, 0.15) is 18.3 Å². The van der Waals surface area contributed by atoms with Gasteiger partial charge in [-0.2, -0.15) is 14.9 Å². The first-order valence-electron chi connectivity index (χ1n) is 6.35. The van der Waals surface area contributed by atoms with Gasteiger partial charge in [-0.1, -0.05) is 19.1 Å². The van der Waals surface area contributed by atoms with E-state index in [9.17, 15) is 4.39 Å². The summed E-state index contributed by atoms with van der Waals surface area (Å²) in [5.41, 5.74) is 8.66. The second kappa shape index (κ2) is 4.83. The van der Waals surface area contributed by atoms with E-state index >= 15 is 0 Å². The minimum atomic E-state index is -0.314. The normalized spacial score (nSPS) is 10.7. The van der Waals surface area contributed by atoms with Crippen molar-refractivity contribution in [2.45, 2.75) is 13.3 Å². The highest BCUT2D eigenvalue weighted by atomic mass is 19.1. The van der Waals surface area contributed by atoms with Gasteiger partial charge in [0.2, 0.25) is 5.69 Å². The van der Waals surface area contributed by atoms with E-state index in [1.807, 2.05) is 13.0 Å². The lowest BCUT2D eigenvalue weighted by molar-refractivity contribution is 0.628. The van der Waals surface area contributed by atoms with Crippen molar-refractivity contribution in [2.75, 3.05) is 5.73 Å². The third-order valence-corrected chi connectivity index (χ3v) is 3.22. The first kappa shape index (κ1) is 13.0. The summed E-state index contributed by atoms with van der Waals surface area (Å²) in [5, 5.41) is 21.2. The minimum absolute atomic E-state index is 0.0262. The lowest BCUT2D eigenvalue weighted by atomic mass is 10.0. The SMILES string of the molecule is CCc1nn2c(N)c(C#N)nnc2c1-c1ccc(F)cc1.